The van der Waals surface area contributed by atoms with Gasteiger partial charge in [-0.15, -0.1) is 0 Å². The Labute approximate surface area is 129 Å². The van der Waals surface area contributed by atoms with Gasteiger partial charge >= 0.3 is 0 Å². The SMILES string of the molecule is C[C@H](NC1CCc2ccccc2C1)c1ccc(Br)cc1. The van der Waals surface area contributed by atoms with E-state index in [0.717, 1.165) is 10.9 Å². The molecule has 0 aliphatic heterocycles. The minimum atomic E-state index is 0.401. The molecule has 0 saturated carbocycles. The maximum absolute atomic E-state index is 3.78. The number of rotatable bonds is 3. The Morgan fingerprint density at radius 3 is 2.50 bits per heavy atom. The van der Waals surface area contributed by atoms with Crippen molar-refractivity contribution in [1.82, 2.24) is 5.32 Å². The third-order valence-corrected chi connectivity index (χ3v) is 4.73. The molecule has 1 aliphatic rings. The van der Waals surface area contributed by atoms with Gasteiger partial charge in [-0.05, 0) is 55.0 Å². The fourth-order valence-electron chi connectivity index (χ4n) is 3.04. The molecule has 1 nitrogen and oxygen atoms in total. The van der Waals surface area contributed by atoms with Gasteiger partial charge in [-0.25, -0.2) is 0 Å². The first-order valence-electron chi connectivity index (χ1n) is 7.30. The van der Waals surface area contributed by atoms with Crippen LogP contribution in [0.5, 0.6) is 0 Å². The maximum atomic E-state index is 3.78. The van der Waals surface area contributed by atoms with E-state index in [1.807, 2.05) is 0 Å². The Morgan fingerprint density at radius 1 is 1.05 bits per heavy atom. The number of nitrogens with one attached hydrogen (secondary N) is 1. The zero-order valence-electron chi connectivity index (χ0n) is 11.8. The quantitative estimate of drug-likeness (QED) is 0.863. The van der Waals surface area contributed by atoms with Crippen LogP contribution in [0.2, 0.25) is 0 Å². The average molecular weight is 330 g/mol. The lowest BCUT2D eigenvalue weighted by atomic mass is 9.88. The summed E-state index contributed by atoms with van der Waals surface area (Å²) in [5.74, 6) is 0. The fraction of sp³-hybridized carbons (Fsp3) is 0.333. The Hall–Kier alpha value is -1.12. The van der Waals surface area contributed by atoms with Gasteiger partial charge in [0.25, 0.3) is 0 Å². The van der Waals surface area contributed by atoms with E-state index in [0.29, 0.717) is 12.1 Å². The summed E-state index contributed by atoms with van der Waals surface area (Å²) in [5.41, 5.74) is 4.40. The second kappa shape index (κ2) is 6.11. The van der Waals surface area contributed by atoms with Gasteiger partial charge in [0.05, 0.1) is 0 Å². The van der Waals surface area contributed by atoms with E-state index in [4.69, 9.17) is 0 Å². The Morgan fingerprint density at radius 2 is 1.75 bits per heavy atom. The predicted molar refractivity (Wildman–Crippen MR) is 87.9 cm³/mol. The molecule has 0 saturated heterocycles. The molecule has 0 heterocycles. The number of fused-ring (bicyclic) bond motifs is 1. The maximum Gasteiger partial charge on any atom is 0.0294 e. The van der Waals surface area contributed by atoms with Crippen LogP contribution in [0.1, 0.15) is 36.1 Å². The summed E-state index contributed by atoms with van der Waals surface area (Å²) in [6.07, 6.45) is 3.58. The second-order valence-electron chi connectivity index (χ2n) is 5.65. The van der Waals surface area contributed by atoms with Crippen molar-refractivity contribution in [1.29, 1.82) is 0 Å². The Bertz CT molecular complexity index is 576. The Kier molecular flexibility index (Phi) is 4.23. The first-order valence-corrected chi connectivity index (χ1v) is 8.10. The van der Waals surface area contributed by atoms with Crippen LogP contribution < -0.4 is 5.32 Å². The van der Waals surface area contributed by atoms with Gasteiger partial charge in [0, 0.05) is 16.6 Å². The molecule has 0 fully saturated rings. The lowest BCUT2D eigenvalue weighted by Gasteiger charge is -2.28. The molecule has 1 N–H and O–H groups in total. The van der Waals surface area contributed by atoms with Crippen molar-refractivity contribution in [2.45, 2.75) is 38.3 Å². The van der Waals surface area contributed by atoms with Crippen molar-refractivity contribution >= 4 is 15.9 Å². The minimum Gasteiger partial charge on any atom is -0.307 e. The molecule has 0 aromatic heterocycles. The van der Waals surface area contributed by atoms with Crippen LogP contribution in [-0.2, 0) is 12.8 Å². The molecular formula is C18H20BrN. The fourth-order valence-corrected chi connectivity index (χ4v) is 3.31. The van der Waals surface area contributed by atoms with Crippen LogP contribution in [0, 0.1) is 0 Å². The normalized spacial score (nSPS) is 19.4. The van der Waals surface area contributed by atoms with E-state index in [1.165, 1.54) is 29.5 Å². The highest BCUT2D eigenvalue weighted by Crippen LogP contribution is 2.24. The third-order valence-electron chi connectivity index (χ3n) is 4.20. The number of benzene rings is 2. The van der Waals surface area contributed by atoms with Crippen molar-refractivity contribution in [3.63, 3.8) is 0 Å². The van der Waals surface area contributed by atoms with Crippen LogP contribution in [-0.4, -0.2) is 6.04 Å². The first-order chi connectivity index (χ1) is 9.72. The van der Waals surface area contributed by atoms with E-state index in [-0.39, 0.29) is 0 Å². The molecule has 2 atom stereocenters. The van der Waals surface area contributed by atoms with E-state index in [2.05, 4.69) is 76.7 Å². The first kappa shape index (κ1) is 13.8. The monoisotopic (exact) mass is 329 g/mol. The van der Waals surface area contributed by atoms with Gasteiger partial charge in [-0.2, -0.15) is 0 Å². The zero-order chi connectivity index (χ0) is 13.9. The van der Waals surface area contributed by atoms with Gasteiger partial charge in [0.2, 0.25) is 0 Å². The number of halogens is 1. The topological polar surface area (TPSA) is 12.0 Å². The zero-order valence-corrected chi connectivity index (χ0v) is 13.4. The molecule has 104 valence electrons. The second-order valence-corrected chi connectivity index (χ2v) is 6.56. The van der Waals surface area contributed by atoms with Crippen molar-refractivity contribution < 1.29 is 0 Å². The van der Waals surface area contributed by atoms with E-state index >= 15 is 0 Å². The number of hydrogen-bond donors (Lipinski definition) is 1. The van der Waals surface area contributed by atoms with Crippen LogP contribution in [0.15, 0.2) is 53.0 Å². The summed E-state index contributed by atoms with van der Waals surface area (Å²) in [6.45, 7) is 2.25. The molecule has 0 amide bonds. The molecule has 2 heteroatoms. The summed E-state index contributed by atoms with van der Waals surface area (Å²) >= 11 is 3.49. The Balaban J connectivity index is 1.66. The summed E-state index contributed by atoms with van der Waals surface area (Å²) in [7, 11) is 0. The van der Waals surface area contributed by atoms with Gasteiger partial charge in [-0.1, -0.05) is 52.3 Å². The standard InChI is InChI=1S/C18H20BrN/c1-13(14-6-9-17(19)10-7-14)20-18-11-8-15-4-2-3-5-16(15)12-18/h2-7,9-10,13,18,20H,8,11-12H2,1H3/t13-,18?/m0/s1. The molecule has 2 aromatic carbocycles. The smallest absolute Gasteiger partial charge is 0.0294 e. The number of hydrogen-bond acceptors (Lipinski definition) is 1. The lowest BCUT2D eigenvalue weighted by molar-refractivity contribution is 0.414. The molecule has 3 rings (SSSR count). The lowest BCUT2D eigenvalue weighted by Crippen LogP contribution is -2.36. The molecule has 0 spiro atoms. The van der Waals surface area contributed by atoms with Gasteiger partial charge in [0.15, 0.2) is 0 Å². The summed E-state index contributed by atoms with van der Waals surface area (Å²) < 4.78 is 1.14. The summed E-state index contributed by atoms with van der Waals surface area (Å²) in [6, 6.07) is 18.4. The van der Waals surface area contributed by atoms with Crippen molar-refractivity contribution in [3.05, 3.63) is 69.7 Å². The van der Waals surface area contributed by atoms with Crippen LogP contribution >= 0.6 is 15.9 Å². The number of aryl methyl sites for hydroxylation is 1. The van der Waals surface area contributed by atoms with Crippen molar-refractivity contribution in [3.8, 4) is 0 Å². The largest absolute Gasteiger partial charge is 0.307 e. The van der Waals surface area contributed by atoms with E-state index in [1.54, 1.807) is 0 Å². The minimum absolute atomic E-state index is 0.401. The molecule has 20 heavy (non-hydrogen) atoms. The van der Waals surface area contributed by atoms with Gasteiger partial charge in [-0.3, -0.25) is 0 Å². The predicted octanol–water partition coefficient (Wildman–Crippen LogP) is 4.66. The highest BCUT2D eigenvalue weighted by atomic mass is 79.9. The van der Waals surface area contributed by atoms with Crippen molar-refractivity contribution in [2.75, 3.05) is 0 Å². The van der Waals surface area contributed by atoms with Crippen LogP contribution in [0.3, 0.4) is 0 Å². The van der Waals surface area contributed by atoms with E-state index < -0.39 is 0 Å². The highest BCUT2D eigenvalue weighted by molar-refractivity contribution is 9.10. The third kappa shape index (κ3) is 3.13. The van der Waals surface area contributed by atoms with Crippen molar-refractivity contribution in [2.24, 2.45) is 0 Å². The van der Waals surface area contributed by atoms with E-state index in [9.17, 15) is 0 Å². The molecular weight excluding hydrogens is 310 g/mol. The summed E-state index contributed by atoms with van der Waals surface area (Å²) in [4.78, 5) is 0. The average Bonchev–Trinajstić information content (AvgIpc) is 2.48. The van der Waals surface area contributed by atoms with Gasteiger partial charge in [0.1, 0.15) is 0 Å². The molecule has 1 unspecified atom stereocenters. The molecule has 0 bridgehead atoms. The molecule has 1 aliphatic carbocycles. The molecule has 0 radical (unpaired) electrons. The van der Waals surface area contributed by atoms with Gasteiger partial charge < -0.3 is 5.32 Å². The van der Waals surface area contributed by atoms with Crippen LogP contribution in [0.25, 0.3) is 0 Å². The molecule has 2 aromatic rings. The highest BCUT2D eigenvalue weighted by Gasteiger charge is 2.19. The van der Waals surface area contributed by atoms with Crippen LogP contribution in [0.4, 0.5) is 0 Å². The summed E-state index contributed by atoms with van der Waals surface area (Å²) in [5, 5.41) is 3.78.